The first-order valence-corrected chi connectivity index (χ1v) is 6.33. The smallest absolute Gasteiger partial charge is 0.121 e. The van der Waals surface area contributed by atoms with Gasteiger partial charge in [0, 0.05) is 0 Å². The van der Waals surface area contributed by atoms with Gasteiger partial charge < -0.3 is 4.57 Å². The number of rotatable bonds is 2. The third-order valence-electron chi connectivity index (χ3n) is 2.08. The lowest BCUT2D eigenvalue weighted by Crippen LogP contribution is -2.42. The van der Waals surface area contributed by atoms with Crippen molar-refractivity contribution in [3.63, 3.8) is 0 Å². The second-order valence-electron chi connectivity index (χ2n) is 3.06. The molecule has 0 saturated heterocycles. The summed E-state index contributed by atoms with van der Waals surface area (Å²) in [4.78, 5) is 0. The van der Waals surface area contributed by atoms with Crippen LogP contribution in [0.3, 0.4) is 0 Å². The maximum atomic E-state index is 2.38. The van der Waals surface area contributed by atoms with E-state index in [1.165, 1.54) is 6.04 Å². The molecule has 0 heterocycles. The molecule has 2 heteroatoms. The molecule has 0 atom stereocenters. The molecule has 0 N–H and O–H groups in total. The Labute approximate surface area is 53.8 Å². The predicted octanol–water partition coefficient (Wildman–Crippen LogP) is 1.77. The number of nitrogens with zero attached hydrogens (tertiary/aromatic N) is 1. The highest BCUT2D eigenvalue weighted by molar-refractivity contribution is 6.74. The molecule has 0 rings (SSSR count). The van der Waals surface area contributed by atoms with E-state index in [1.54, 1.807) is 0 Å². The van der Waals surface area contributed by atoms with Crippen LogP contribution in [0.2, 0.25) is 19.1 Å². The van der Waals surface area contributed by atoms with Gasteiger partial charge in [-0.05, 0) is 20.1 Å². The van der Waals surface area contributed by atoms with Gasteiger partial charge in [0.1, 0.15) is 8.24 Å². The van der Waals surface area contributed by atoms with Crippen LogP contribution in [0.15, 0.2) is 0 Å². The molecule has 0 aliphatic heterocycles. The summed E-state index contributed by atoms with van der Waals surface area (Å²) in [6.45, 7) is 7.03. The van der Waals surface area contributed by atoms with Crippen LogP contribution in [-0.2, 0) is 0 Å². The highest BCUT2D eigenvalue weighted by Crippen LogP contribution is 2.09. The number of hydrogen-bond donors (Lipinski definition) is 0. The minimum absolute atomic E-state index is 0.921. The Morgan fingerprint density at radius 1 is 1.25 bits per heavy atom. The minimum atomic E-state index is -0.921. The van der Waals surface area contributed by atoms with Crippen molar-refractivity contribution < 1.29 is 0 Å². The highest BCUT2D eigenvalue weighted by atomic mass is 28.3. The van der Waals surface area contributed by atoms with Crippen molar-refractivity contribution in [3.05, 3.63) is 0 Å². The Kier molecular flexibility index (Phi) is 2.70. The topological polar surface area (TPSA) is 3.24 Å². The second kappa shape index (κ2) is 2.64. The second-order valence-corrected chi connectivity index (χ2v) is 8.29. The Bertz CT molecular complexity index is 68.9. The molecular formula is C6H17NSi. The van der Waals surface area contributed by atoms with Crippen LogP contribution < -0.4 is 0 Å². The van der Waals surface area contributed by atoms with Gasteiger partial charge in [0.05, 0.1) is 0 Å². The van der Waals surface area contributed by atoms with E-state index in [0.29, 0.717) is 0 Å². The lowest BCUT2D eigenvalue weighted by atomic mass is 11.0. The van der Waals surface area contributed by atoms with Gasteiger partial charge in [0.2, 0.25) is 0 Å². The molecule has 0 aromatic rings. The van der Waals surface area contributed by atoms with Gasteiger partial charge in [0.25, 0.3) is 0 Å². The Morgan fingerprint density at radius 3 is 1.62 bits per heavy atom. The van der Waals surface area contributed by atoms with Crippen molar-refractivity contribution in [2.75, 3.05) is 14.1 Å². The molecule has 1 nitrogen and oxygen atoms in total. The standard InChI is InChI=1S/C6H17NSi/c1-6-8(4,5)7(2)3/h6H2,1-5H3. The SMILES string of the molecule is CC[Si](C)(C)N(C)C. The third-order valence-corrected chi connectivity index (χ3v) is 6.23. The van der Waals surface area contributed by atoms with Crippen LogP contribution >= 0.6 is 0 Å². The molecule has 50 valence electrons. The molecule has 0 unspecified atom stereocenters. The van der Waals surface area contributed by atoms with Crippen LogP contribution in [0.1, 0.15) is 6.92 Å². The van der Waals surface area contributed by atoms with E-state index in [0.717, 1.165) is 0 Å². The summed E-state index contributed by atoms with van der Waals surface area (Å²) in [7, 11) is 3.43. The predicted molar refractivity (Wildman–Crippen MR) is 41.7 cm³/mol. The van der Waals surface area contributed by atoms with Crippen molar-refractivity contribution in [1.82, 2.24) is 4.57 Å². The summed E-state index contributed by atoms with van der Waals surface area (Å²) in [5.74, 6) is 0. The summed E-state index contributed by atoms with van der Waals surface area (Å²) in [5, 5.41) is 0. The maximum Gasteiger partial charge on any atom is 0.121 e. The summed E-state index contributed by atoms with van der Waals surface area (Å²) >= 11 is 0. The monoisotopic (exact) mass is 131 g/mol. The lowest BCUT2D eigenvalue weighted by molar-refractivity contribution is 0.619. The van der Waals surface area contributed by atoms with Crippen LogP contribution in [0, 0.1) is 0 Å². The van der Waals surface area contributed by atoms with Gasteiger partial charge in [-0.1, -0.05) is 20.0 Å². The molecule has 0 aromatic carbocycles. The molecule has 0 saturated carbocycles. The molecule has 0 radical (unpaired) electrons. The molecule has 0 aliphatic carbocycles. The number of hydrogen-bond acceptors (Lipinski definition) is 1. The van der Waals surface area contributed by atoms with E-state index in [2.05, 4.69) is 38.7 Å². The summed E-state index contributed by atoms with van der Waals surface area (Å²) in [6.07, 6.45) is 0. The van der Waals surface area contributed by atoms with Crippen molar-refractivity contribution >= 4 is 8.24 Å². The van der Waals surface area contributed by atoms with Crippen molar-refractivity contribution in [2.45, 2.75) is 26.1 Å². The molecular weight excluding hydrogens is 114 g/mol. The zero-order chi connectivity index (χ0) is 6.78. The van der Waals surface area contributed by atoms with Gasteiger partial charge in [-0.2, -0.15) is 0 Å². The van der Waals surface area contributed by atoms with Gasteiger partial charge in [-0.25, -0.2) is 0 Å². The summed E-state index contributed by atoms with van der Waals surface area (Å²) in [5.41, 5.74) is 0. The van der Waals surface area contributed by atoms with E-state index >= 15 is 0 Å². The first kappa shape index (κ1) is 8.18. The minimum Gasteiger partial charge on any atom is -0.329 e. The van der Waals surface area contributed by atoms with E-state index in [9.17, 15) is 0 Å². The average molecular weight is 131 g/mol. The van der Waals surface area contributed by atoms with E-state index < -0.39 is 8.24 Å². The quantitative estimate of drug-likeness (QED) is 0.516. The van der Waals surface area contributed by atoms with Crippen LogP contribution in [-0.4, -0.2) is 26.9 Å². The van der Waals surface area contributed by atoms with Gasteiger partial charge in [-0.3, -0.25) is 0 Å². The largest absolute Gasteiger partial charge is 0.329 e. The first-order valence-electron chi connectivity index (χ1n) is 3.18. The van der Waals surface area contributed by atoms with Crippen LogP contribution in [0.25, 0.3) is 0 Å². The summed E-state index contributed by atoms with van der Waals surface area (Å²) < 4.78 is 2.38. The highest BCUT2D eigenvalue weighted by Gasteiger charge is 2.19. The van der Waals surface area contributed by atoms with Gasteiger partial charge in [0.15, 0.2) is 0 Å². The van der Waals surface area contributed by atoms with Gasteiger partial charge in [-0.15, -0.1) is 0 Å². The molecule has 0 aromatic heterocycles. The molecule has 0 amide bonds. The zero-order valence-corrected chi connectivity index (χ0v) is 7.65. The fourth-order valence-electron chi connectivity index (χ4n) is 0.316. The van der Waals surface area contributed by atoms with Crippen LogP contribution in [0.5, 0.6) is 0 Å². The van der Waals surface area contributed by atoms with E-state index in [1.807, 2.05) is 0 Å². The van der Waals surface area contributed by atoms with E-state index in [4.69, 9.17) is 0 Å². The Morgan fingerprint density at radius 2 is 1.62 bits per heavy atom. The summed E-state index contributed by atoms with van der Waals surface area (Å²) in [6, 6.07) is 1.35. The zero-order valence-electron chi connectivity index (χ0n) is 6.65. The van der Waals surface area contributed by atoms with Gasteiger partial charge >= 0.3 is 0 Å². The molecule has 0 fully saturated rings. The molecule has 8 heavy (non-hydrogen) atoms. The average Bonchev–Trinajstić information content (AvgIpc) is 1.67. The van der Waals surface area contributed by atoms with Crippen molar-refractivity contribution in [2.24, 2.45) is 0 Å². The molecule has 0 spiro atoms. The maximum absolute atomic E-state index is 2.38. The first-order chi connectivity index (χ1) is 3.50. The van der Waals surface area contributed by atoms with Crippen molar-refractivity contribution in [3.8, 4) is 0 Å². The lowest BCUT2D eigenvalue weighted by Gasteiger charge is -2.28. The fraction of sp³-hybridized carbons (Fsp3) is 1.00. The Balaban J connectivity index is 3.71. The fourth-order valence-corrected chi connectivity index (χ4v) is 0.949. The Hall–Kier alpha value is 0.177. The molecule has 0 aliphatic rings. The molecule has 0 bridgehead atoms. The normalized spacial score (nSPS) is 12.8. The van der Waals surface area contributed by atoms with E-state index in [-0.39, 0.29) is 0 Å². The van der Waals surface area contributed by atoms with Crippen LogP contribution in [0.4, 0.5) is 0 Å². The third kappa shape index (κ3) is 1.97. The van der Waals surface area contributed by atoms with Crippen molar-refractivity contribution in [1.29, 1.82) is 0 Å².